The van der Waals surface area contributed by atoms with E-state index in [4.69, 9.17) is 14.2 Å². The highest BCUT2D eigenvalue weighted by Crippen LogP contribution is 2.37. The van der Waals surface area contributed by atoms with E-state index in [-0.39, 0.29) is 11.5 Å². The third-order valence-electron chi connectivity index (χ3n) is 4.70. The number of para-hydroxylation sites is 1. The van der Waals surface area contributed by atoms with Crippen molar-refractivity contribution in [3.63, 3.8) is 0 Å². The van der Waals surface area contributed by atoms with Crippen LogP contribution in [-0.4, -0.2) is 31.6 Å². The molecule has 8 heteroatoms. The maximum absolute atomic E-state index is 13.5. The Hall–Kier alpha value is -4.07. The molecule has 178 valence electrons. The van der Waals surface area contributed by atoms with Gasteiger partial charge in [0.05, 0.1) is 36.8 Å². The molecule has 0 aliphatic heterocycles. The Bertz CT molecular complexity index is 1170. The molecular formula is C26H27FN2O5. The first-order chi connectivity index (χ1) is 16.5. The summed E-state index contributed by atoms with van der Waals surface area (Å²) < 4.78 is 30.5. The molecule has 0 saturated heterocycles. The number of rotatable bonds is 10. The Morgan fingerprint density at radius 3 is 1.85 bits per heavy atom. The summed E-state index contributed by atoms with van der Waals surface area (Å²) >= 11 is 0. The summed E-state index contributed by atoms with van der Waals surface area (Å²) in [4.78, 5) is 25.7. The van der Waals surface area contributed by atoms with Crippen LogP contribution < -0.4 is 24.8 Å². The zero-order valence-electron chi connectivity index (χ0n) is 19.3. The summed E-state index contributed by atoms with van der Waals surface area (Å²) in [6.07, 6.45) is 0. The number of anilines is 2. The number of nitrogens with one attached hydrogen (secondary N) is 2. The van der Waals surface area contributed by atoms with Crippen LogP contribution in [0, 0.1) is 5.82 Å². The van der Waals surface area contributed by atoms with Crippen molar-refractivity contribution in [1.82, 2.24) is 0 Å². The van der Waals surface area contributed by atoms with Crippen molar-refractivity contribution in [2.24, 2.45) is 0 Å². The average molecular weight is 467 g/mol. The van der Waals surface area contributed by atoms with Gasteiger partial charge in [-0.15, -0.1) is 0 Å². The van der Waals surface area contributed by atoms with Crippen molar-refractivity contribution in [2.45, 2.75) is 20.8 Å². The van der Waals surface area contributed by atoms with Crippen LogP contribution in [0.3, 0.4) is 0 Å². The fourth-order valence-corrected chi connectivity index (χ4v) is 3.25. The lowest BCUT2D eigenvalue weighted by molar-refractivity contribution is 0.101. The zero-order valence-corrected chi connectivity index (χ0v) is 19.3. The molecule has 0 fully saturated rings. The summed E-state index contributed by atoms with van der Waals surface area (Å²) in [5, 5.41) is 5.58. The van der Waals surface area contributed by atoms with Crippen molar-refractivity contribution >= 4 is 23.2 Å². The average Bonchev–Trinajstić information content (AvgIpc) is 2.82. The van der Waals surface area contributed by atoms with Gasteiger partial charge in [-0.25, -0.2) is 4.39 Å². The van der Waals surface area contributed by atoms with E-state index in [1.54, 1.807) is 50.2 Å². The maximum Gasteiger partial charge on any atom is 0.259 e. The van der Waals surface area contributed by atoms with Gasteiger partial charge in [0, 0.05) is 17.7 Å². The molecule has 0 radical (unpaired) electrons. The topological polar surface area (TPSA) is 85.9 Å². The highest BCUT2D eigenvalue weighted by molar-refractivity contribution is 6.08. The molecule has 0 saturated carbocycles. The van der Waals surface area contributed by atoms with Gasteiger partial charge in [-0.1, -0.05) is 18.2 Å². The molecule has 7 nitrogen and oxygen atoms in total. The number of ether oxygens (including phenoxy) is 3. The number of hydrogen-bond donors (Lipinski definition) is 2. The van der Waals surface area contributed by atoms with Gasteiger partial charge < -0.3 is 24.8 Å². The van der Waals surface area contributed by atoms with Crippen LogP contribution in [0.5, 0.6) is 17.2 Å². The number of carbonyl (C=O) groups excluding carboxylic acids is 2. The van der Waals surface area contributed by atoms with E-state index in [9.17, 15) is 14.0 Å². The number of hydrogen-bond acceptors (Lipinski definition) is 5. The molecule has 34 heavy (non-hydrogen) atoms. The Morgan fingerprint density at radius 1 is 0.706 bits per heavy atom. The van der Waals surface area contributed by atoms with Crippen LogP contribution in [0.1, 0.15) is 41.5 Å². The van der Waals surface area contributed by atoms with Crippen LogP contribution >= 0.6 is 0 Å². The Labute approximate surface area is 197 Å². The minimum Gasteiger partial charge on any atom is -0.493 e. The van der Waals surface area contributed by atoms with Gasteiger partial charge in [0.2, 0.25) is 0 Å². The predicted octanol–water partition coefficient (Wildman–Crippen LogP) is 5.53. The second kappa shape index (κ2) is 11.7. The van der Waals surface area contributed by atoms with E-state index in [1.807, 2.05) is 6.92 Å². The van der Waals surface area contributed by atoms with E-state index in [2.05, 4.69) is 10.6 Å². The Kier molecular flexibility index (Phi) is 8.45. The lowest BCUT2D eigenvalue weighted by Crippen LogP contribution is -2.16. The molecule has 3 aromatic rings. The van der Waals surface area contributed by atoms with Gasteiger partial charge in [-0.05, 0) is 51.1 Å². The summed E-state index contributed by atoms with van der Waals surface area (Å²) in [5.41, 5.74) is 1.22. The third-order valence-corrected chi connectivity index (χ3v) is 4.70. The molecule has 0 unspecified atom stereocenters. The number of amides is 2. The van der Waals surface area contributed by atoms with Crippen molar-refractivity contribution in [3.8, 4) is 17.2 Å². The molecule has 2 N–H and O–H groups in total. The number of halogens is 1. The minimum atomic E-state index is -0.516. The zero-order chi connectivity index (χ0) is 24.5. The molecule has 2 amide bonds. The van der Waals surface area contributed by atoms with Gasteiger partial charge in [0.15, 0.2) is 0 Å². The molecule has 0 bridgehead atoms. The molecule has 0 atom stereocenters. The van der Waals surface area contributed by atoms with Gasteiger partial charge in [0.1, 0.15) is 23.1 Å². The van der Waals surface area contributed by atoms with Crippen LogP contribution in [0.25, 0.3) is 0 Å². The molecule has 0 aliphatic rings. The third kappa shape index (κ3) is 6.04. The summed E-state index contributed by atoms with van der Waals surface area (Å²) in [6.45, 7) is 6.50. The first-order valence-corrected chi connectivity index (χ1v) is 11.0. The summed E-state index contributed by atoms with van der Waals surface area (Å²) in [7, 11) is 0. The standard InChI is InChI=1S/C26H27FN2O5/c1-4-32-22-13-8-7-12-19(22)26(31)29-21-16-23(33-5-2)20(15-24(21)34-6-3)28-25(30)17-10-9-11-18(27)14-17/h7-16H,4-6H2,1-3H3,(H,28,30)(H,29,31). The lowest BCUT2D eigenvalue weighted by Gasteiger charge is -2.18. The van der Waals surface area contributed by atoms with Gasteiger partial charge in [-0.3, -0.25) is 9.59 Å². The second-order valence-electron chi connectivity index (χ2n) is 7.06. The fourth-order valence-electron chi connectivity index (χ4n) is 3.25. The molecule has 0 heterocycles. The summed E-state index contributed by atoms with van der Waals surface area (Å²) in [6, 6.07) is 15.4. The Morgan fingerprint density at radius 2 is 1.26 bits per heavy atom. The highest BCUT2D eigenvalue weighted by atomic mass is 19.1. The van der Waals surface area contributed by atoms with Crippen molar-refractivity contribution < 1.29 is 28.2 Å². The van der Waals surface area contributed by atoms with Crippen LogP contribution in [-0.2, 0) is 0 Å². The van der Waals surface area contributed by atoms with Crippen molar-refractivity contribution in [2.75, 3.05) is 30.5 Å². The van der Waals surface area contributed by atoms with Crippen molar-refractivity contribution in [1.29, 1.82) is 0 Å². The largest absolute Gasteiger partial charge is 0.493 e. The number of benzene rings is 3. The molecule has 3 aromatic carbocycles. The van der Waals surface area contributed by atoms with E-state index in [1.165, 1.54) is 18.2 Å². The van der Waals surface area contributed by atoms with Gasteiger partial charge in [0.25, 0.3) is 11.8 Å². The van der Waals surface area contributed by atoms with E-state index >= 15 is 0 Å². The molecule has 0 aliphatic carbocycles. The first-order valence-electron chi connectivity index (χ1n) is 11.0. The number of carbonyl (C=O) groups is 2. The van der Waals surface area contributed by atoms with Gasteiger partial charge >= 0.3 is 0 Å². The molecule has 0 aromatic heterocycles. The van der Waals surface area contributed by atoms with E-state index < -0.39 is 11.7 Å². The second-order valence-corrected chi connectivity index (χ2v) is 7.06. The quantitative estimate of drug-likeness (QED) is 0.411. The van der Waals surface area contributed by atoms with E-state index in [0.29, 0.717) is 54.0 Å². The molecule has 0 spiro atoms. The smallest absolute Gasteiger partial charge is 0.259 e. The monoisotopic (exact) mass is 466 g/mol. The lowest BCUT2D eigenvalue weighted by atomic mass is 10.1. The van der Waals surface area contributed by atoms with Gasteiger partial charge in [-0.2, -0.15) is 0 Å². The fraction of sp³-hybridized carbons (Fsp3) is 0.231. The van der Waals surface area contributed by atoms with Crippen LogP contribution in [0.4, 0.5) is 15.8 Å². The van der Waals surface area contributed by atoms with Crippen LogP contribution in [0.2, 0.25) is 0 Å². The predicted molar refractivity (Wildman–Crippen MR) is 129 cm³/mol. The van der Waals surface area contributed by atoms with E-state index in [0.717, 1.165) is 6.07 Å². The normalized spacial score (nSPS) is 10.4. The molecular weight excluding hydrogens is 439 g/mol. The highest BCUT2D eigenvalue weighted by Gasteiger charge is 2.19. The maximum atomic E-state index is 13.5. The molecule has 3 rings (SSSR count). The SMILES string of the molecule is CCOc1cc(NC(=O)c2ccccc2OCC)c(OCC)cc1NC(=O)c1cccc(F)c1. The first kappa shape index (κ1) is 24.6. The van der Waals surface area contributed by atoms with Crippen molar-refractivity contribution in [3.05, 3.63) is 77.6 Å². The van der Waals surface area contributed by atoms with Crippen LogP contribution in [0.15, 0.2) is 60.7 Å². The minimum absolute atomic E-state index is 0.158. The Balaban J connectivity index is 1.94. The summed E-state index contributed by atoms with van der Waals surface area (Å²) in [5.74, 6) is -0.288.